The van der Waals surface area contributed by atoms with E-state index in [4.69, 9.17) is 4.74 Å². The van der Waals surface area contributed by atoms with Crippen LogP contribution >= 0.6 is 0 Å². The van der Waals surface area contributed by atoms with Gasteiger partial charge < -0.3 is 15.0 Å². The van der Waals surface area contributed by atoms with Gasteiger partial charge in [0.05, 0.1) is 18.8 Å². The number of amides is 2. The van der Waals surface area contributed by atoms with E-state index >= 15 is 0 Å². The monoisotopic (exact) mass is 292 g/mol. The average molecular weight is 292 g/mol. The van der Waals surface area contributed by atoms with Crippen molar-refractivity contribution < 1.29 is 14.3 Å². The van der Waals surface area contributed by atoms with Crippen LogP contribution in [-0.2, 0) is 9.59 Å². The van der Waals surface area contributed by atoms with Crippen LogP contribution in [0.5, 0.6) is 5.75 Å². The van der Waals surface area contributed by atoms with Crippen LogP contribution < -0.4 is 10.1 Å². The maximum Gasteiger partial charge on any atom is 0.244 e. The standard InChI is InChI=1S/C16H24N2O3/c1-4-6-11-18(13(3)19)12-16(20)17-14-9-7-8-10-15(14)21-5-2/h7-10H,4-6,11-12H2,1-3H3,(H,17,20). The molecular formula is C16H24N2O3. The molecule has 1 N–H and O–H groups in total. The molecule has 0 aliphatic heterocycles. The molecule has 0 spiro atoms. The van der Waals surface area contributed by atoms with Crippen LogP contribution in [0.15, 0.2) is 24.3 Å². The van der Waals surface area contributed by atoms with Gasteiger partial charge in [0, 0.05) is 13.5 Å². The van der Waals surface area contributed by atoms with E-state index in [0.29, 0.717) is 24.6 Å². The normalized spacial score (nSPS) is 10.0. The SMILES string of the molecule is CCCCN(CC(=O)Nc1ccccc1OCC)C(C)=O. The molecule has 0 fully saturated rings. The molecule has 0 saturated carbocycles. The Labute approximate surface area is 126 Å². The molecule has 0 aliphatic rings. The lowest BCUT2D eigenvalue weighted by atomic mass is 10.2. The van der Waals surface area contributed by atoms with E-state index in [0.717, 1.165) is 12.8 Å². The minimum atomic E-state index is -0.214. The molecule has 0 unspecified atom stereocenters. The molecule has 0 aliphatic carbocycles. The lowest BCUT2D eigenvalue weighted by Crippen LogP contribution is -2.37. The fraction of sp³-hybridized carbons (Fsp3) is 0.500. The second-order valence-electron chi connectivity index (χ2n) is 4.77. The number of carbonyl (C=O) groups is 2. The number of rotatable bonds is 8. The van der Waals surface area contributed by atoms with E-state index in [2.05, 4.69) is 12.2 Å². The number of anilines is 1. The third-order valence-corrected chi connectivity index (χ3v) is 3.02. The Balaban J connectivity index is 2.65. The Morgan fingerprint density at radius 3 is 2.57 bits per heavy atom. The topological polar surface area (TPSA) is 58.6 Å². The fourth-order valence-corrected chi connectivity index (χ4v) is 1.91. The van der Waals surface area contributed by atoms with Crippen molar-refractivity contribution in [2.45, 2.75) is 33.6 Å². The summed E-state index contributed by atoms with van der Waals surface area (Å²) in [7, 11) is 0. The molecule has 116 valence electrons. The molecule has 0 bridgehead atoms. The predicted molar refractivity (Wildman–Crippen MR) is 83.4 cm³/mol. The largest absolute Gasteiger partial charge is 0.492 e. The molecule has 5 nitrogen and oxygen atoms in total. The quantitative estimate of drug-likeness (QED) is 0.801. The van der Waals surface area contributed by atoms with E-state index in [1.165, 1.54) is 6.92 Å². The van der Waals surface area contributed by atoms with Crippen molar-refractivity contribution in [2.24, 2.45) is 0 Å². The summed E-state index contributed by atoms with van der Waals surface area (Å²) in [5, 5.41) is 2.80. The highest BCUT2D eigenvalue weighted by Crippen LogP contribution is 2.23. The number of ether oxygens (including phenoxy) is 1. The Kier molecular flexibility index (Phi) is 7.29. The third-order valence-electron chi connectivity index (χ3n) is 3.02. The van der Waals surface area contributed by atoms with Gasteiger partial charge in [0.25, 0.3) is 0 Å². The van der Waals surface area contributed by atoms with Crippen molar-refractivity contribution in [3.05, 3.63) is 24.3 Å². The van der Waals surface area contributed by atoms with Gasteiger partial charge in [-0.3, -0.25) is 9.59 Å². The van der Waals surface area contributed by atoms with Crippen LogP contribution in [0.25, 0.3) is 0 Å². The highest BCUT2D eigenvalue weighted by Gasteiger charge is 2.14. The van der Waals surface area contributed by atoms with Crippen LogP contribution in [0.3, 0.4) is 0 Å². The second-order valence-corrected chi connectivity index (χ2v) is 4.77. The molecule has 1 aromatic rings. The summed E-state index contributed by atoms with van der Waals surface area (Å²) in [5.41, 5.74) is 0.628. The summed E-state index contributed by atoms with van der Waals surface area (Å²) in [6.45, 7) is 6.62. The highest BCUT2D eigenvalue weighted by atomic mass is 16.5. The van der Waals surface area contributed by atoms with E-state index in [9.17, 15) is 9.59 Å². The molecule has 0 heterocycles. The first kappa shape index (κ1) is 17.0. The Morgan fingerprint density at radius 2 is 1.95 bits per heavy atom. The summed E-state index contributed by atoms with van der Waals surface area (Å²) < 4.78 is 5.46. The van der Waals surface area contributed by atoms with Crippen LogP contribution in [0.4, 0.5) is 5.69 Å². The Hall–Kier alpha value is -2.04. The molecular weight excluding hydrogens is 268 g/mol. The zero-order valence-electron chi connectivity index (χ0n) is 13.0. The van der Waals surface area contributed by atoms with E-state index in [1.807, 2.05) is 19.1 Å². The summed E-state index contributed by atoms with van der Waals surface area (Å²) in [5.74, 6) is 0.335. The van der Waals surface area contributed by atoms with Crippen molar-refractivity contribution in [1.82, 2.24) is 4.90 Å². The molecule has 0 saturated heterocycles. The summed E-state index contributed by atoms with van der Waals surface area (Å²) in [4.78, 5) is 25.2. The first-order chi connectivity index (χ1) is 10.1. The van der Waals surface area contributed by atoms with Crippen LogP contribution in [0, 0.1) is 0 Å². The number of hydrogen-bond donors (Lipinski definition) is 1. The van der Waals surface area contributed by atoms with Gasteiger partial charge in [-0.1, -0.05) is 25.5 Å². The van der Waals surface area contributed by atoms with Gasteiger partial charge in [0.1, 0.15) is 5.75 Å². The van der Waals surface area contributed by atoms with Crippen LogP contribution in [0.1, 0.15) is 33.6 Å². The van der Waals surface area contributed by atoms with Crippen molar-refractivity contribution in [1.29, 1.82) is 0 Å². The van der Waals surface area contributed by atoms with Gasteiger partial charge in [-0.05, 0) is 25.5 Å². The zero-order chi connectivity index (χ0) is 15.7. The minimum Gasteiger partial charge on any atom is -0.492 e. The fourth-order valence-electron chi connectivity index (χ4n) is 1.91. The Morgan fingerprint density at radius 1 is 1.24 bits per heavy atom. The highest BCUT2D eigenvalue weighted by molar-refractivity contribution is 5.95. The number of carbonyl (C=O) groups excluding carboxylic acids is 2. The molecule has 1 aromatic carbocycles. The van der Waals surface area contributed by atoms with Gasteiger partial charge in [-0.2, -0.15) is 0 Å². The Bertz CT molecular complexity index is 474. The van der Waals surface area contributed by atoms with E-state index < -0.39 is 0 Å². The second kappa shape index (κ2) is 9.00. The number of unbranched alkanes of at least 4 members (excludes halogenated alkanes) is 1. The van der Waals surface area contributed by atoms with Gasteiger partial charge in [0.15, 0.2) is 0 Å². The van der Waals surface area contributed by atoms with E-state index in [1.54, 1.807) is 17.0 Å². The summed E-state index contributed by atoms with van der Waals surface area (Å²) >= 11 is 0. The molecule has 1 rings (SSSR count). The number of nitrogens with one attached hydrogen (secondary N) is 1. The summed E-state index contributed by atoms with van der Waals surface area (Å²) in [6, 6.07) is 7.27. The molecule has 0 atom stereocenters. The lowest BCUT2D eigenvalue weighted by Gasteiger charge is -2.20. The molecule has 0 radical (unpaired) electrons. The number of nitrogens with zero attached hydrogens (tertiary/aromatic N) is 1. The predicted octanol–water partition coefficient (Wildman–Crippen LogP) is 2.67. The molecule has 5 heteroatoms. The van der Waals surface area contributed by atoms with Crippen molar-refractivity contribution in [2.75, 3.05) is 25.0 Å². The molecule has 21 heavy (non-hydrogen) atoms. The lowest BCUT2D eigenvalue weighted by molar-refractivity contribution is -0.132. The van der Waals surface area contributed by atoms with Gasteiger partial charge >= 0.3 is 0 Å². The molecule has 0 aromatic heterocycles. The molecule has 2 amide bonds. The maximum atomic E-state index is 12.1. The number of para-hydroxylation sites is 2. The number of hydrogen-bond acceptors (Lipinski definition) is 3. The summed E-state index contributed by atoms with van der Waals surface area (Å²) in [6.07, 6.45) is 1.88. The van der Waals surface area contributed by atoms with Crippen molar-refractivity contribution in [3.8, 4) is 5.75 Å². The van der Waals surface area contributed by atoms with Gasteiger partial charge in [0.2, 0.25) is 11.8 Å². The number of benzene rings is 1. The first-order valence-corrected chi connectivity index (χ1v) is 7.35. The maximum absolute atomic E-state index is 12.1. The first-order valence-electron chi connectivity index (χ1n) is 7.35. The smallest absolute Gasteiger partial charge is 0.244 e. The van der Waals surface area contributed by atoms with Crippen LogP contribution in [-0.4, -0.2) is 36.4 Å². The van der Waals surface area contributed by atoms with Crippen molar-refractivity contribution in [3.63, 3.8) is 0 Å². The third kappa shape index (κ3) is 5.85. The average Bonchev–Trinajstić information content (AvgIpc) is 2.45. The van der Waals surface area contributed by atoms with Crippen molar-refractivity contribution >= 4 is 17.5 Å². The van der Waals surface area contributed by atoms with Gasteiger partial charge in [-0.15, -0.1) is 0 Å². The van der Waals surface area contributed by atoms with Crippen LogP contribution in [0.2, 0.25) is 0 Å². The zero-order valence-corrected chi connectivity index (χ0v) is 13.0. The minimum absolute atomic E-state index is 0.0653. The van der Waals surface area contributed by atoms with Gasteiger partial charge in [-0.25, -0.2) is 0 Å². The van der Waals surface area contributed by atoms with E-state index in [-0.39, 0.29) is 18.4 Å².